The first-order valence-electron chi connectivity index (χ1n) is 9.87. The van der Waals surface area contributed by atoms with Gasteiger partial charge in [-0.1, -0.05) is 20.8 Å². The standard InChI is InChI=1S/3C7H10O4.Fe/c3*1-2-5(8)3-6(9)4-7(10)11;/h3*2-4H2,1H3,(H,10,11);/q;;;+3/p-3. The van der Waals surface area contributed by atoms with Gasteiger partial charge in [-0.2, -0.15) is 0 Å². The number of carboxylic acid groups (broad SMARTS) is 3. The average molecular weight is 527 g/mol. The van der Waals surface area contributed by atoms with Crippen LogP contribution in [0.15, 0.2) is 0 Å². The van der Waals surface area contributed by atoms with E-state index < -0.39 is 54.5 Å². The zero-order valence-electron chi connectivity index (χ0n) is 19.1. The quantitative estimate of drug-likeness (QED) is 0.155. The molecule has 0 saturated carbocycles. The minimum absolute atomic E-state index is 0. The van der Waals surface area contributed by atoms with Gasteiger partial charge in [0.2, 0.25) is 0 Å². The van der Waals surface area contributed by atoms with Gasteiger partial charge in [0, 0.05) is 56.4 Å². The third-order valence-electron chi connectivity index (χ3n) is 3.39. The van der Waals surface area contributed by atoms with E-state index in [-0.39, 0.29) is 72.9 Å². The van der Waals surface area contributed by atoms with Crippen LogP contribution in [0.4, 0.5) is 0 Å². The first kappa shape index (κ1) is 38.2. The van der Waals surface area contributed by atoms with E-state index in [2.05, 4.69) is 0 Å². The van der Waals surface area contributed by atoms with Crippen LogP contribution < -0.4 is 15.3 Å². The van der Waals surface area contributed by atoms with Gasteiger partial charge < -0.3 is 29.7 Å². The smallest absolute Gasteiger partial charge is 0.550 e. The molecule has 191 valence electrons. The van der Waals surface area contributed by atoms with Crippen molar-refractivity contribution in [3.05, 3.63) is 0 Å². The first-order valence-corrected chi connectivity index (χ1v) is 9.87. The number of ketones is 6. The molecular formula is C21H27FeO12. The van der Waals surface area contributed by atoms with Crippen molar-refractivity contribution in [1.82, 2.24) is 0 Å². The molecule has 1 radical (unpaired) electrons. The van der Waals surface area contributed by atoms with E-state index in [1.54, 1.807) is 20.8 Å². The zero-order valence-corrected chi connectivity index (χ0v) is 20.2. The second-order valence-electron chi connectivity index (χ2n) is 6.47. The maximum atomic E-state index is 10.6. The molecule has 0 saturated heterocycles. The fraction of sp³-hybridized carbons (Fsp3) is 0.571. The summed E-state index contributed by atoms with van der Waals surface area (Å²) in [6, 6.07) is 0. The number of carbonyl (C=O) groups is 9. The molecule has 0 aromatic carbocycles. The van der Waals surface area contributed by atoms with Crippen molar-refractivity contribution in [2.24, 2.45) is 0 Å². The molecule has 13 heteroatoms. The Morgan fingerprint density at radius 2 is 0.559 bits per heavy atom. The van der Waals surface area contributed by atoms with Crippen molar-refractivity contribution in [3.63, 3.8) is 0 Å². The average Bonchev–Trinajstić information content (AvgIpc) is 2.66. The molecule has 0 bridgehead atoms. The molecule has 0 unspecified atom stereocenters. The van der Waals surface area contributed by atoms with Crippen LogP contribution in [0.2, 0.25) is 0 Å². The Labute approximate surface area is 206 Å². The summed E-state index contributed by atoms with van der Waals surface area (Å²) in [5.74, 6) is -6.77. The molecule has 34 heavy (non-hydrogen) atoms. The summed E-state index contributed by atoms with van der Waals surface area (Å²) in [5, 5.41) is 29.5. The molecule has 0 aromatic rings. The maximum absolute atomic E-state index is 10.6. The van der Waals surface area contributed by atoms with Crippen molar-refractivity contribution in [2.75, 3.05) is 0 Å². The predicted molar refractivity (Wildman–Crippen MR) is 104 cm³/mol. The van der Waals surface area contributed by atoms with E-state index in [4.69, 9.17) is 0 Å². The van der Waals surface area contributed by atoms with Crippen molar-refractivity contribution in [1.29, 1.82) is 0 Å². The molecule has 0 amide bonds. The second kappa shape index (κ2) is 23.1. The summed E-state index contributed by atoms with van der Waals surface area (Å²) in [7, 11) is 0. The number of hydrogen-bond acceptors (Lipinski definition) is 12. The fourth-order valence-corrected chi connectivity index (χ4v) is 1.71. The third-order valence-corrected chi connectivity index (χ3v) is 3.39. The molecule has 0 spiro atoms. The maximum Gasteiger partial charge on any atom is 3.00 e. The minimum atomic E-state index is -1.43. The minimum Gasteiger partial charge on any atom is -0.550 e. The van der Waals surface area contributed by atoms with Crippen molar-refractivity contribution in [3.8, 4) is 0 Å². The molecule has 0 heterocycles. The van der Waals surface area contributed by atoms with Crippen LogP contribution in [-0.4, -0.2) is 52.6 Å². The van der Waals surface area contributed by atoms with Crippen LogP contribution in [0.5, 0.6) is 0 Å². The molecule has 0 aromatic heterocycles. The van der Waals surface area contributed by atoms with Gasteiger partial charge in [0.25, 0.3) is 0 Å². The van der Waals surface area contributed by atoms with E-state index in [0.717, 1.165) is 0 Å². The van der Waals surface area contributed by atoms with Gasteiger partial charge in [0.1, 0.15) is 34.7 Å². The van der Waals surface area contributed by atoms with Crippen LogP contribution in [0.3, 0.4) is 0 Å². The van der Waals surface area contributed by atoms with Crippen LogP contribution >= 0.6 is 0 Å². The Morgan fingerprint density at radius 3 is 0.676 bits per heavy atom. The first-order chi connectivity index (χ1) is 15.2. The van der Waals surface area contributed by atoms with Gasteiger partial charge in [-0.05, 0) is 0 Å². The Morgan fingerprint density at radius 1 is 0.382 bits per heavy atom. The molecule has 12 nitrogen and oxygen atoms in total. The topological polar surface area (TPSA) is 223 Å². The molecule has 0 aliphatic heterocycles. The molecule has 0 fully saturated rings. The number of aliphatic carboxylic acids is 3. The van der Waals surface area contributed by atoms with Gasteiger partial charge in [-0.15, -0.1) is 0 Å². The van der Waals surface area contributed by atoms with Gasteiger partial charge in [-0.3, -0.25) is 28.8 Å². The molecule has 0 aliphatic carbocycles. The van der Waals surface area contributed by atoms with E-state index in [1.807, 2.05) is 0 Å². The summed E-state index contributed by atoms with van der Waals surface area (Å²) < 4.78 is 0. The van der Waals surface area contributed by atoms with Gasteiger partial charge in [0.05, 0.1) is 19.3 Å². The van der Waals surface area contributed by atoms with E-state index in [1.165, 1.54) is 0 Å². The number of hydrogen-bond donors (Lipinski definition) is 0. The SMILES string of the molecule is CCC(=O)CC(=O)CC(=O)[O-].CCC(=O)CC(=O)CC(=O)[O-].CCC(=O)CC(=O)CC(=O)[O-].[Fe+3]. The Bertz CT molecular complexity index is 655. The normalized spacial score (nSPS) is 8.91. The van der Waals surface area contributed by atoms with Gasteiger partial charge >= 0.3 is 17.1 Å². The van der Waals surface area contributed by atoms with Crippen LogP contribution in [-0.2, 0) is 60.2 Å². The monoisotopic (exact) mass is 527 g/mol. The molecule has 0 N–H and O–H groups in total. The third kappa shape index (κ3) is 31.1. The Hall–Kier alpha value is -3.05. The molecule has 0 atom stereocenters. The van der Waals surface area contributed by atoms with Gasteiger partial charge in [-0.25, -0.2) is 0 Å². The summed E-state index contributed by atoms with van der Waals surface area (Å²) in [5.41, 5.74) is 0. The number of Topliss-reactive ketones (excluding diaryl/α,β-unsaturated/α-hetero) is 6. The molecular weight excluding hydrogens is 500 g/mol. The number of carbonyl (C=O) groups excluding carboxylic acids is 9. The zero-order chi connectivity index (χ0) is 26.6. The summed E-state index contributed by atoms with van der Waals surface area (Å²) in [4.78, 5) is 93.0. The molecule has 0 rings (SSSR count). The predicted octanol–water partition coefficient (Wildman–Crippen LogP) is -2.81. The van der Waals surface area contributed by atoms with Crippen LogP contribution in [0.1, 0.15) is 78.6 Å². The van der Waals surface area contributed by atoms with Crippen molar-refractivity contribution in [2.45, 2.75) is 78.6 Å². The Balaban J connectivity index is -0.000000196. The second-order valence-corrected chi connectivity index (χ2v) is 6.47. The van der Waals surface area contributed by atoms with Crippen LogP contribution in [0.25, 0.3) is 0 Å². The van der Waals surface area contributed by atoms with E-state index in [0.29, 0.717) is 0 Å². The summed E-state index contributed by atoms with van der Waals surface area (Å²) in [6.07, 6.45) is -2.06. The fourth-order valence-electron chi connectivity index (χ4n) is 1.71. The summed E-state index contributed by atoms with van der Waals surface area (Å²) >= 11 is 0. The number of carboxylic acids is 3. The van der Waals surface area contributed by atoms with Gasteiger partial charge in [0.15, 0.2) is 0 Å². The molecule has 0 aliphatic rings. The Kier molecular flexibility index (Phi) is 26.0. The number of rotatable bonds is 15. The van der Waals surface area contributed by atoms with Crippen molar-refractivity contribution < 1.29 is 75.5 Å². The van der Waals surface area contributed by atoms with Crippen molar-refractivity contribution >= 4 is 52.6 Å². The van der Waals surface area contributed by atoms with E-state index in [9.17, 15) is 58.5 Å². The summed E-state index contributed by atoms with van der Waals surface area (Å²) in [6.45, 7) is 4.86. The van der Waals surface area contributed by atoms with Crippen LogP contribution in [0, 0.1) is 0 Å². The van der Waals surface area contributed by atoms with E-state index >= 15 is 0 Å². The largest absolute Gasteiger partial charge is 3.00 e.